The molecule has 1 aliphatic heterocycles. The van der Waals surface area contributed by atoms with E-state index in [4.69, 9.17) is 0 Å². The van der Waals surface area contributed by atoms with Crippen LogP contribution in [0.15, 0.2) is 42.5 Å². The summed E-state index contributed by atoms with van der Waals surface area (Å²) in [6, 6.07) is 12.4. The first-order chi connectivity index (χ1) is 10.1. The first-order valence-corrected chi connectivity index (χ1v) is 7.01. The first kappa shape index (κ1) is 13.6. The minimum atomic E-state index is -0.382. The summed E-state index contributed by atoms with van der Waals surface area (Å²) in [7, 11) is 0. The van der Waals surface area contributed by atoms with Gasteiger partial charge < -0.3 is 10.6 Å². The van der Waals surface area contributed by atoms with Gasteiger partial charge in [0.25, 0.3) is 5.91 Å². The normalized spacial score (nSPS) is 16.8. The molecule has 1 heterocycles. The monoisotopic (exact) mass is 284 g/mol. The van der Waals surface area contributed by atoms with Gasteiger partial charge in [-0.25, -0.2) is 4.39 Å². The highest BCUT2D eigenvalue weighted by Gasteiger charge is 2.20. The average molecular weight is 284 g/mol. The van der Waals surface area contributed by atoms with Crippen molar-refractivity contribution in [2.45, 2.75) is 19.4 Å². The van der Waals surface area contributed by atoms with E-state index in [1.54, 1.807) is 13.0 Å². The summed E-state index contributed by atoms with van der Waals surface area (Å²) >= 11 is 0. The van der Waals surface area contributed by atoms with Crippen molar-refractivity contribution < 1.29 is 9.18 Å². The third-order valence-electron chi connectivity index (χ3n) is 3.66. The summed E-state index contributed by atoms with van der Waals surface area (Å²) in [5, 5.41) is 6.27. The number of anilines is 1. The fourth-order valence-electron chi connectivity index (χ4n) is 2.68. The van der Waals surface area contributed by atoms with Gasteiger partial charge in [-0.2, -0.15) is 0 Å². The topological polar surface area (TPSA) is 41.1 Å². The predicted octanol–water partition coefficient (Wildman–Crippen LogP) is 2.90. The van der Waals surface area contributed by atoms with Crippen LogP contribution in [0.1, 0.15) is 21.5 Å². The van der Waals surface area contributed by atoms with Crippen LogP contribution in [-0.2, 0) is 6.42 Å². The molecule has 0 radical (unpaired) electrons. The molecule has 0 fully saturated rings. The number of nitrogens with one attached hydrogen (secondary N) is 2. The number of fused-ring (bicyclic) bond motifs is 1. The van der Waals surface area contributed by atoms with Gasteiger partial charge in [0, 0.05) is 17.8 Å². The lowest BCUT2D eigenvalue weighted by Gasteiger charge is -2.27. The molecule has 1 atom stereocenters. The van der Waals surface area contributed by atoms with E-state index in [1.165, 1.54) is 17.7 Å². The third-order valence-corrected chi connectivity index (χ3v) is 3.66. The second-order valence-corrected chi connectivity index (χ2v) is 5.43. The van der Waals surface area contributed by atoms with Crippen LogP contribution in [0.3, 0.4) is 0 Å². The molecule has 2 aromatic carbocycles. The van der Waals surface area contributed by atoms with E-state index in [9.17, 15) is 9.18 Å². The number of rotatable bonds is 2. The number of carbonyl (C=O) groups excluding carboxylic acids is 1. The van der Waals surface area contributed by atoms with Gasteiger partial charge >= 0.3 is 0 Å². The smallest absolute Gasteiger partial charge is 0.251 e. The Balaban J connectivity index is 1.71. The number of aryl methyl sites for hydroxylation is 1. The van der Waals surface area contributed by atoms with Crippen LogP contribution in [0.2, 0.25) is 0 Å². The highest BCUT2D eigenvalue weighted by atomic mass is 19.1. The molecule has 0 aliphatic carbocycles. The van der Waals surface area contributed by atoms with Gasteiger partial charge in [-0.3, -0.25) is 4.79 Å². The molecule has 0 aromatic heterocycles. The molecule has 1 unspecified atom stereocenters. The van der Waals surface area contributed by atoms with Gasteiger partial charge in [0.1, 0.15) is 5.82 Å². The Morgan fingerprint density at radius 3 is 2.90 bits per heavy atom. The largest absolute Gasteiger partial charge is 0.383 e. The third kappa shape index (κ3) is 3.05. The highest BCUT2D eigenvalue weighted by Crippen LogP contribution is 2.21. The van der Waals surface area contributed by atoms with E-state index in [2.05, 4.69) is 10.6 Å². The minimum absolute atomic E-state index is 0.0102. The Labute approximate surface area is 123 Å². The average Bonchev–Trinajstić information content (AvgIpc) is 2.46. The lowest BCUT2D eigenvalue weighted by molar-refractivity contribution is 0.0938. The maximum Gasteiger partial charge on any atom is 0.251 e. The van der Waals surface area contributed by atoms with Gasteiger partial charge in [-0.05, 0) is 48.7 Å². The first-order valence-electron chi connectivity index (χ1n) is 7.01. The molecule has 108 valence electrons. The summed E-state index contributed by atoms with van der Waals surface area (Å²) < 4.78 is 13.4. The molecular formula is C17H17FN2O. The van der Waals surface area contributed by atoms with E-state index < -0.39 is 0 Å². The van der Waals surface area contributed by atoms with Gasteiger partial charge in [-0.1, -0.05) is 18.2 Å². The van der Waals surface area contributed by atoms with Crippen molar-refractivity contribution in [2.75, 3.05) is 11.9 Å². The molecule has 0 saturated carbocycles. The maximum absolute atomic E-state index is 13.4. The summed E-state index contributed by atoms with van der Waals surface area (Å²) in [6.07, 6.45) is 0.781. The summed E-state index contributed by atoms with van der Waals surface area (Å²) in [5.74, 6) is -0.615. The molecule has 0 spiro atoms. The molecule has 2 N–H and O–H groups in total. The number of benzene rings is 2. The van der Waals surface area contributed by atoms with Crippen LogP contribution in [0.4, 0.5) is 10.1 Å². The Kier molecular flexibility index (Phi) is 3.60. The Hall–Kier alpha value is -2.36. The molecule has 2 aromatic rings. The lowest BCUT2D eigenvalue weighted by Crippen LogP contribution is -2.43. The zero-order valence-electron chi connectivity index (χ0n) is 11.8. The number of halogens is 1. The van der Waals surface area contributed by atoms with Crippen LogP contribution in [0.25, 0.3) is 0 Å². The fourth-order valence-corrected chi connectivity index (χ4v) is 2.68. The van der Waals surface area contributed by atoms with E-state index >= 15 is 0 Å². The Morgan fingerprint density at radius 2 is 2.10 bits per heavy atom. The van der Waals surface area contributed by atoms with Crippen LogP contribution in [-0.4, -0.2) is 18.5 Å². The van der Waals surface area contributed by atoms with E-state index in [0.717, 1.165) is 17.7 Å². The molecule has 0 bridgehead atoms. The van der Waals surface area contributed by atoms with Crippen molar-refractivity contribution in [1.29, 1.82) is 0 Å². The van der Waals surface area contributed by atoms with Crippen LogP contribution >= 0.6 is 0 Å². The van der Waals surface area contributed by atoms with Gasteiger partial charge in [-0.15, -0.1) is 0 Å². The maximum atomic E-state index is 13.4. The molecule has 3 nitrogen and oxygen atoms in total. The summed E-state index contributed by atoms with van der Waals surface area (Å²) in [4.78, 5) is 12.2. The standard InChI is InChI=1S/C17H17FN2O/c1-11-6-13(8-14(18)7-11)17(21)20-15-9-12-4-2-3-5-16(12)19-10-15/h2-8,15,19H,9-10H2,1H3,(H,20,21). The molecule has 1 amide bonds. The van der Waals surface area contributed by atoms with Crippen LogP contribution < -0.4 is 10.6 Å². The van der Waals surface area contributed by atoms with E-state index in [1.807, 2.05) is 24.3 Å². The van der Waals surface area contributed by atoms with Gasteiger partial charge in [0.2, 0.25) is 0 Å². The number of para-hydroxylation sites is 1. The summed E-state index contributed by atoms with van der Waals surface area (Å²) in [5.41, 5.74) is 3.41. The lowest BCUT2D eigenvalue weighted by atomic mass is 9.99. The van der Waals surface area contributed by atoms with E-state index in [-0.39, 0.29) is 17.8 Å². The van der Waals surface area contributed by atoms with Crippen LogP contribution in [0, 0.1) is 12.7 Å². The van der Waals surface area contributed by atoms with Crippen LogP contribution in [0.5, 0.6) is 0 Å². The Bertz CT molecular complexity index is 664. The van der Waals surface area contributed by atoms with Crippen molar-refractivity contribution in [3.05, 3.63) is 65.0 Å². The van der Waals surface area contributed by atoms with Crippen molar-refractivity contribution >= 4 is 11.6 Å². The second-order valence-electron chi connectivity index (χ2n) is 5.43. The highest BCUT2D eigenvalue weighted by molar-refractivity contribution is 5.94. The fraction of sp³-hybridized carbons (Fsp3) is 0.235. The predicted molar refractivity (Wildman–Crippen MR) is 81.0 cm³/mol. The number of amides is 1. The Morgan fingerprint density at radius 1 is 1.29 bits per heavy atom. The summed E-state index contributed by atoms with van der Waals surface area (Å²) in [6.45, 7) is 2.45. The second kappa shape index (κ2) is 5.56. The number of hydrogen-bond donors (Lipinski definition) is 2. The van der Waals surface area contributed by atoms with Crippen molar-refractivity contribution in [3.8, 4) is 0 Å². The van der Waals surface area contributed by atoms with Crippen molar-refractivity contribution in [1.82, 2.24) is 5.32 Å². The minimum Gasteiger partial charge on any atom is -0.383 e. The quantitative estimate of drug-likeness (QED) is 0.890. The molecule has 1 aliphatic rings. The van der Waals surface area contributed by atoms with Gasteiger partial charge in [0.15, 0.2) is 0 Å². The molecular weight excluding hydrogens is 267 g/mol. The molecule has 3 rings (SSSR count). The zero-order valence-corrected chi connectivity index (χ0v) is 11.8. The van der Waals surface area contributed by atoms with Gasteiger partial charge in [0.05, 0.1) is 6.04 Å². The van der Waals surface area contributed by atoms with E-state index in [0.29, 0.717) is 12.1 Å². The molecule has 0 saturated heterocycles. The SMILES string of the molecule is Cc1cc(F)cc(C(=O)NC2CNc3ccccc3C2)c1. The number of hydrogen-bond acceptors (Lipinski definition) is 2. The number of carbonyl (C=O) groups is 1. The molecule has 21 heavy (non-hydrogen) atoms. The molecule has 4 heteroatoms. The van der Waals surface area contributed by atoms with Crippen molar-refractivity contribution in [3.63, 3.8) is 0 Å². The van der Waals surface area contributed by atoms with Crippen molar-refractivity contribution in [2.24, 2.45) is 0 Å². The zero-order chi connectivity index (χ0) is 14.8.